The Hall–Kier alpha value is -2.95. The number of hydrogen-bond acceptors (Lipinski definition) is 6. The van der Waals surface area contributed by atoms with E-state index in [-0.39, 0.29) is 18.7 Å². The van der Waals surface area contributed by atoms with Crippen LogP contribution in [-0.2, 0) is 23.3 Å². The number of rotatable bonds is 7. The van der Waals surface area contributed by atoms with Crippen LogP contribution >= 0.6 is 0 Å². The highest BCUT2D eigenvalue weighted by Crippen LogP contribution is 2.45. The fraction of sp³-hybridized carbons (Fsp3) is 0.444. The maximum absolute atomic E-state index is 14.2. The molecule has 5 rings (SSSR count). The normalized spacial score (nSPS) is 24.2. The molecule has 3 aromatic rings. The smallest absolute Gasteiger partial charge is 0.305 e. The molecule has 2 fully saturated rings. The average Bonchev–Trinajstić information content (AvgIpc) is 3.40. The lowest BCUT2D eigenvalue weighted by molar-refractivity contribution is 0.0981. The summed E-state index contributed by atoms with van der Waals surface area (Å²) in [6.45, 7) is 7.99. The van der Waals surface area contributed by atoms with Crippen molar-refractivity contribution in [1.82, 2.24) is 14.4 Å². The van der Waals surface area contributed by atoms with Gasteiger partial charge in [0, 0.05) is 31.7 Å². The topological polar surface area (TPSA) is 79.1 Å². The predicted molar refractivity (Wildman–Crippen MR) is 139 cm³/mol. The first kappa shape index (κ1) is 25.7. The molecule has 0 amide bonds. The van der Waals surface area contributed by atoms with Gasteiger partial charge in [-0.15, -0.1) is 0 Å². The number of hydrogen-bond donors (Lipinski definition) is 0. The van der Waals surface area contributed by atoms with Crippen LogP contribution in [0.2, 0.25) is 0 Å². The van der Waals surface area contributed by atoms with Gasteiger partial charge < -0.3 is 9.26 Å². The van der Waals surface area contributed by atoms with Crippen LogP contribution in [0, 0.1) is 5.82 Å². The molecule has 2 aromatic carbocycles. The van der Waals surface area contributed by atoms with Gasteiger partial charge >= 0.3 is 10.2 Å². The van der Waals surface area contributed by atoms with Crippen molar-refractivity contribution in [3.05, 3.63) is 77.9 Å². The minimum absolute atomic E-state index is 0.0988. The van der Waals surface area contributed by atoms with Crippen molar-refractivity contribution in [2.24, 2.45) is 0 Å². The number of halogens is 1. The van der Waals surface area contributed by atoms with Crippen LogP contribution in [0.4, 0.5) is 10.1 Å². The molecule has 3 heterocycles. The zero-order valence-electron chi connectivity index (χ0n) is 21.4. The second-order valence-corrected chi connectivity index (χ2v) is 12.1. The summed E-state index contributed by atoms with van der Waals surface area (Å²) in [5, 5.41) is 3.91. The number of aromatic nitrogens is 1. The molecule has 0 aliphatic carbocycles. The van der Waals surface area contributed by atoms with Gasteiger partial charge in [-0.1, -0.05) is 23.4 Å². The summed E-state index contributed by atoms with van der Waals surface area (Å²) in [7, 11) is -3.92. The van der Waals surface area contributed by atoms with E-state index in [1.807, 2.05) is 26.0 Å². The molecule has 1 aromatic heterocycles. The van der Waals surface area contributed by atoms with Crippen molar-refractivity contribution in [2.45, 2.75) is 64.4 Å². The van der Waals surface area contributed by atoms with Gasteiger partial charge in [0.25, 0.3) is 0 Å². The minimum Gasteiger partial charge on any atom is -0.491 e. The molecule has 2 aliphatic rings. The molecule has 0 N–H and O–H groups in total. The highest BCUT2D eigenvalue weighted by molar-refractivity contribution is 7.90. The van der Waals surface area contributed by atoms with Gasteiger partial charge in [0.15, 0.2) is 0 Å². The van der Waals surface area contributed by atoms with Crippen molar-refractivity contribution in [3.63, 3.8) is 0 Å². The largest absolute Gasteiger partial charge is 0.491 e. The van der Waals surface area contributed by atoms with Crippen LogP contribution in [0.1, 0.15) is 44.9 Å². The second kappa shape index (κ2) is 10.1. The SMILES string of the molecule is CC(C)Oc1cccc(CN2CC[C@@]3(C[C@@H]2C)CN(Cc2ccon2)S(=O)(=O)N3c2cccc(F)c2)c1. The lowest BCUT2D eigenvalue weighted by Gasteiger charge is -2.47. The first-order valence-corrected chi connectivity index (χ1v) is 14.0. The minimum atomic E-state index is -3.92. The van der Waals surface area contributed by atoms with E-state index in [4.69, 9.17) is 9.26 Å². The summed E-state index contributed by atoms with van der Waals surface area (Å²) in [6, 6.07) is 15.7. The molecular weight excluding hydrogens is 495 g/mol. The zero-order chi connectivity index (χ0) is 26.2. The van der Waals surface area contributed by atoms with Crippen LogP contribution in [0.3, 0.4) is 0 Å². The van der Waals surface area contributed by atoms with Gasteiger partial charge in [0.1, 0.15) is 17.8 Å². The molecule has 2 atom stereocenters. The first-order chi connectivity index (χ1) is 17.7. The molecule has 1 spiro atoms. The molecule has 0 bridgehead atoms. The van der Waals surface area contributed by atoms with Crippen LogP contribution < -0.4 is 9.04 Å². The van der Waals surface area contributed by atoms with Gasteiger partial charge in [-0.2, -0.15) is 12.7 Å². The van der Waals surface area contributed by atoms with Crippen molar-refractivity contribution in [3.8, 4) is 5.75 Å². The molecule has 0 saturated carbocycles. The van der Waals surface area contributed by atoms with Crippen LogP contribution in [0.15, 0.2) is 65.4 Å². The standard InChI is InChI=1S/C27H33FN4O4S/c1-20(2)36-26-9-4-6-22(14-26)17-30-12-11-27(16-21(30)3)19-31(18-24-10-13-35-29-24)37(33,34)32(27)25-8-5-7-23(28)15-25/h4-10,13-15,20-21H,11-12,16-19H2,1-3H3/t21-,27+/m0/s1. The van der Waals surface area contributed by atoms with Crippen molar-refractivity contribution >= 4 is 15.9 Å². The Morgan fingerprint density at radius 1 is 1.16 bits per heavy atom. The molecular formula is C27H33FN4O4S. The van der Waals surface area contributed by atoms with E-state index < -0.39 is 21.6 Å². The maximum Gasteiger partial charge on any atom is 0.305 e. The predicted octanol–water partition coefficient (Wildman–Crippen LogP) is 4.59. The Labute approximate surface area is 217 Å². The van der Waals surface area contributed by atoms with Crippen molar-refractivity contribution in [2.75, 3.05) is 17.4 Å². The fourth-order valence-electron chi connectivity index (χ4n) is 5.62. The Kier molecular flexibility index (Phi) is 6.99. The Morgan fingerprint density at radius 3 is 2.68 bits per heavy atom. The molecule has 10 heteroatoms. The third-order valence-corrected chi connectivity index (χ3v) is 9.12. The fourth-order valence-corrected chi connectivity index (χ4v) is 7.64. The van der Waals surface area contributed by atoms with Gasteiger partial charge in [-0.25, -0.2) is 8.70 Å². The van der Waals surface area contributed by atoms with Crippen LogP contribution in [0.5, 0.6) is 5.75 Å². The summed E-state index contributed by atoms with van der Waals surface area (Å²) in [5.41, 5.74) is 1.33. The van der Waals surface area contributed by atoms with E-state index in [9.17, 15) is 12.8 Å². The summed E-state index contributed by atoms with van der Waals surface area (Å²) >= 11 is 0. The molecule has 0 radical (unpaired) electrons. The molecule has 8 nitrogen and oxygen atoms in total. The second-order valence-electron chi connectivity index (χ2n) is 10.3. The van der Waals surface area contributed by atoms with Gasteiger partial charge in [0.2, 0.25) is 0 Å². The lowest BCUT2D eigenvalue weighted by Crippen LogP contribution is -2.57. The van der Waals surface area contributed by atoms with Crippen LogP contribution in [-0.4, -0.2) is 53.6 Å². The lowest BCUT2D eigenvalue weighted by atomic mass is 9.82. The Morgan fingerprint density at radius 2 is 1.97 bits per heavy atom. The van der Waals surface area contributed by atoms with Crippen molar-refractivity contribution in [1.29, 1.82) is 0 Å². The first-order valence-electron chi connectivity index (χ1n) is 12.6. The average molecular weight is 529 g/mol. The Bertz CT molecular complexity index is 1330. The number of piperidine rings is 1. The maximum atomic E-state index is 14.2. The van der Waals surface area contributed by atoms with E-state index in [2.05, 4.69) is 29.1 Å². The van der Waals surface area contributed by atoms with E-state index in [1.165, 1.54) is 27.0 Å². The van der Waals surface area contributed by atoms with Crippen molar-refractivity contribution < 1.29 is 22.1 Å². The number of nitrogens with zero attached hydrogens (tertiary/aromatic N) is 4. The third-order valence-electron chi connectivity index (χ3n) is 7.15. The summed E-state index contributed by atoms with van der Waals surface area (Å²) < 4.78 is 55.6. The quantitative estimate of drug-likeness (QED) is 0.446. The highest BCUT2D eigenvalue weighted by Gasteiger charge is 2.56. The van der Waals surface area contributed by atoms with E-state index in [1.54, 1.807) is 18.2 Å². The molecule has 2 aliphatic heterocycles. The number of likely N-dealkylation sites (tertiary alicyclic amines) is 1. The molecule has 0 unspecified atom stereocenters. The zero-order valence-corrected chi connectivity index (χ0v) is 22.2. The van der Waals surface area contributed by atoms with E-state index in [0.717, 1.165) is 17.9 Å². The molecule has 2 saturated heterocycles. The van der Waals surface area contributed by atoms with Crippen LogP contribution in [0.25, 0.3) is 0 Å². The highest BCUT2D eigenvalue weighted by atomic mass is 32.2. The van der Waals surface area contributed by atoms with Gasteiger partial charge in [-0.05, 0) is 69.5 Å². The van der Waals surface area contributed by atoms with Gasteiger partial charge in [0.05, 0.1) is 29.6 Å². The van der Waals surface area contributed by atoms with Gasteiger partial charge in [-0.3, -0.25) is 4.90 Å². The van der Waals surface area contributed by atoms with E-state index >= 15 is 0 Å². The molecule has 37 heavy (non-hydrogen) atoms. The monoisotopic (exact) mass is 528 g/mol. The summed E-state index contributed by atoms with van der Waals surface area (Å²) in [5.74, 6) is 0.378. The summed E-state index contributed by atoms with van der Waals surface area (Å²) in [6.07, 6.45) is 2.76. The Balaban J connectivity index is 1.41. The number of benzene rings is 2. The third kappa shape index (κ3) is 5.23. The number of ether oxygens (including phenoxy) is 1. The number of anilines is 1. The summed E-state index contributed by atoms with van der Waals surface area (Å²) in [4.78, 5) is 2.37. The molecule has 198 valence electrons. The van der Waals surface area contributed by atoms with E-state index in [0.29, 0.717) is 37.3 Å².